The van der Waals surface area contributed by atoms with Crippen molar-refractivity contribution in [2.45, 2.75) is 6.55 Å². The summed E-state index contributed by atoms with van der Waals surface area (Å²) in [7, 11) is -0.582. The van der Waals surface area contributed by atoms with Gasteiger partial charge in [0.15, 0.2) is 0 Å². The zero-order valence-electron chi connectivity index (χ0n) is 8.57. The molecule has 75 valence electrons. The molecule has 0 spiro atoms. The highest BCUT2D eigenvalue weighted by Crippen LogP contribution is 2.05. The molecule has 0 aromatic heterocycles. The molecule has 0 aliphatic heterocycles. The first-order chi connectivity index (χ1) is 7.27. The largest absolute Gasteiger partial charge is 0.118 e. The second-order valence-electron chi connectivity index (χ2n) is 3.50. The van der Waals surface area contributed by atoms with E-state index in [9.17, 15) is 0 Å². The van der Waals surface area contributed by atoms with Crippen LogP contribution in [-0.4, -0.2) is 8.80 Å². The Bertz CT molecular complexity index is 422. The van der Waals surface area contributed by atoms with Crippen molar-refractivity contribution in [3.05, 3.63) is 59.1 Å². The van der Waals surface area contributed by atoms with Gasteiger partial charge in [-0.1, -0.05) is 75.3 Å². The molecule has 0 heterocycles. The molecule has 0 bridgehead atoms. The van der Waals surface area contributed by atoms with Crippen molar-refractivity contribution in [2.24, 2.45) is 0 Å². The summed E-state index contributed by atoms with van der Waals surface area (Å²) in [6.07, 6.45) is 0. The van der Waals surface area contributed by atoms with Crippen LogP contribution in [0.15, 0.2) is 59.1 Å². The van der Waals surface area contributed by atoms with Crippen molar-refractivity contribution in [2.75, 3.05) is 0 Å². The fourth-order valence-corrected chi connectivity index (χ4v) is 3.51. The third-order valence-corrected chi connectivity index (χ3v) is 5.41. The molecular formula is C13H12BrSi. The van der Waals surface area contributed by atoms with E-state index in [1.165, 1.54) is 10.4 Å². The predicted octanol–water partition coefficient (Wildman–Crippen LogP) is 2.69. The van der Waals surface area contributed by atoms with Gasteiger partial charge in [-0.3, -0.25) is 0 Å². The molecule has 0 unspecified atom stereocenters. The lowest BCUT2D eigenvalue weighted by Gasteiger charge is -2.09. The molecule has 2 rings (SSSR count). The second-order valence-corrected chi connectivity index (χ2v) is 6.82. The fraction of sp³-hybridized carbons (Fsp3) is 0.0769. The average Bonchev–Trinajstić information content (AvgIpc) is 2.30. The Balaban J connectivity index is 2.29. The molecule has 2 aromatic carbocycles. The number of halogens is 1. The molecule has 0 N–H and O–H groups in total. The van der Waals surface area contributed by atoms with Crippen molar-refractivity contribution in [3.63, 3.8) is 0 Å². The zero-order chi connectivity index (χ0) is 10.7. The molecule has 2 aromatic rings. The average molecular weight is 276 g/mol. The minimum Gasteiger partial charge on any atom is -0.0628 e. The van der Waals surface area contributed by atoms with Gasteiger partial charge < -0.3 is 0 Å². The van der Waals surface area contributed by atoms with Crippen molar-refractivity contribution < 1.29 is 0 Å². The van der Waals surface area contributed by atoms with E-state index in [0.717, 1.165) is 4.47 Å². The first kappa shape index (κ1) is 10.6. The Morgan fingerprint density at radius 2 is 1.33 bits per heavy atom. The molecule has 0 atom stereocenters. The second kappa shape index (κ2) is 4.77. The summed E-state index contributed by atoms with van der Waals surface area (Å²) in [6, 6.07) is 19.4. The van der Waals surface area contributed by atoms with E-state index in [1.54, 1.807) is 0 Å². The van der Waals surface area contributed by atoms with Gasteiger partial charge >= 0.3 is 0 Å². The van der Waals surface area contributed by atoms with Crippen molar-refractivity contribution >= 4 is 35.1 Å². The van der Waals surface area contributed by atoms with Crippen LogP contribution in [0, 0.1) is 0 Å². The molecule has 0 aliphatic rings. The minimum atomic E-state index is -0.582. The molecule has 0 aliphatic carbocycles. The Hall–Kier alpha value is -0.863. The SMILES string of the molecule is C[Si](c1ccccc1)c1ccc(Br)cc1. The van der Waals surface area contributed by atoms with Crippen LogP contribution in [-0.2, 0) is 0 Å². The maximum Gasteiger partial charge on any atom is 0.118 e. The smallest absolute Gasteiger partial charge is 0.0628 e. The number of benzene rings is 2. The van der Waals surface area contributed by atoms with E-state index in [2.05, 4.69) is 77.1 Å². The van der Waals surface area contributed by atoms with Crippen LogP contribution in [0.5, 0.6) is 0 Å². The Labute approximate surface area is 101 Å². The summed E-state index contributed by atoms with van der Waals surface area (Å²) in [5.41, 5.74) is 0. The van der Waals surface area contributed by atoms with Gasteiger partial charge in [-0.15, -0.1) is 0 Å². The van der Waals surface area contributed by atoms with Gasteiger partial charge in [-0.25, -0.2) is 0 Å². The monoisotopic (exact) mass is 275 g/mol. The van der Waals surface area contributed by atoms with Crippen LogP contribution in [0.3, 0.4) is 0 Å². The molecule has 2 heteroatoms. The summed E-state index contributed by atoms with van der Waals surface area (Å²) in [6.45, 7) is 2.34. The third-order valence-electron chi connectivity index (χ3n) is 2.48. The van der Waals surface area contributed by atoms with E-state index in [0.29, 0.717) is 0 Å². The Kier molecular flexibility index (Phi) is 3.39. The number of hydrogen-bond acceptors (Lipinski definition) is 0. The van der Waals surface area contributed by atoms with Crippen molar-refractivity contribution in [3.8, 4) is 0 Å². The summed E-state index contributed by atoms with van der Waals surface area (Å²) < 4.78 is 1.15. The number of rotatable bonds is 2. The van der Waals surface area contributed by atoms with E-state index in [4.69, 9.17) is 0 Å². The minimum absolute atomic E-state index is 0.582. The Morgan fingerprint density at radius 3 is 1.93 bits per heavy atom. The molecule has 0 saturated carbocycles. The highest BCUT2D eigenvalue weighted by Gasteiger charge is 2.09. The zero-order valence-corrected chi connectivity index (χ0v) is 11.2. The van der Waals surface area contributed by atoms with Gasteiger partial charge in [-0.2, -0.15) is 0 Å². The standard InChI is InChI=1S/C13H12BrSi/c1-15(12-5-3-2-4-6-12)13-9-7-11(14)8-10-13/h2-10H,1H3. The van der Waals surface area contributed by atoms with Gasteiger partial charge in [0.05, 0.1) is 0 Å². The van der Waals surface area contributed by atoms with Gasteiger partial charge in [0.1, 0.15) is 8.80 Å². The Morgan fingerprint density at radius 1 is 0.800 bits per heavy atom. The molecule has 0 nitrogen and oxygen atoms in total. The lowest BCUT2D eigenvalue weighted by Crippen LogP contribution is -2.38. The fourth-order valence-electron chi connectivity index (χ4n) is 1.55. The first-order valence-corrected chi connectivity index (χ1v) is 7.71. The van der Waals surface area contributed by atoms with E-state index in [-0.39, 0.29) is 0 Å². The van der Waals surface area contributed by atoms with Gasteiger partial charge in [0, 0.05) is 4.47 Å². The van der Waals surface area contributed by atoms with Crippen LogP contribution in [0.25, 0.3) is 0 Å². The van der Waals surface area contributed by atoms with Crippen molar-refractivity contribution in [1.82, 2.24) is 0 Å². The van der Waals surface area contributed by atoms with Gasteiger partial charge in [0.2, 0.25) is 0 Å². The molecule has 1 radical (unpaired) electrons. The van der Waals surface area contributed by atoms with E-state index < -0.39 is 8.80 Å². The van der Waals surface area contributed by atoms with E-state index >= 15 is 0 Å². The maximum absolute atomic E-state index is 3.46. The van der Waals surface area contributed by atoms with Crippen LogP contribution in [0.1, 0.15) is 0 Å². The van der Waals surface area contributed by atoms with E-state index in [1.807, 2.05) is 0 Å². The highest BCUT2D eigenvalue weighted by molar-refractivity contribution is 9.10. The summed E-state index contributed by atoms with van der Waals surface area (Å²) >= 11 is 3.46. The van der Waals surface area contributed by atoms with Gasteiger partial charge in [0.25, 0.3) is 0 Å². The van der Waals surface area contributed by atoms with Gasteiger partial charge in [-0.05, 0) is 12.1 Å². The normalized spacial score (nSPS) is 10.6. The highest BCUT2D eigenvalue weighted by atomic mass is 79.9. The topological polar surface area (TPSA) is 0 Å². The number of hydrogen-bond donors (Lipinski definition) is 0. The summed E-state index contributed by atoms with van der Waals surface area (Å²) in [4.78, 5) is 0. The lowest BCUT2D eigenvalue weighted by atomic mass is 10.4. The third kappa shape index (κ3) is 2.58. The van der Waals surface area contributed by atoms with Crippen LogP contribution in [0.2, 0.25) is 6.55 Å². The lowest BCUT2D eigenvalue weighted by molar-refractivity contribution is 1.68. The maximum atomic E-state index is 3.46. The molecular weight excluding hydrogens is 264 g/mol. The van der Waals surface area contributed by atoms with Crippen LogP contribution in [0.4, 0.5) is 0 Å². The first-order valence-electron chi connectivity index (χ1n) is 4.92. The van der Waals surface area contributed by atoms with Crippen LogP contribution >= 0.6 is 15.9 Å². The molecule has 0 saturated heterocycles. The molecule has 0 fully saturated rings. The predicted molar refractivity (Wildman–Crippen MR) is 71.5 cm³/mol. The summed E-state index contributed by atoms with van der Waals surface area (Å²) in [5.74, 6) is 0. The summed E-state index contributed by atoms with van der Waals surface area (Å²) in [5, 5.41) is 2.92. The quantitative estimate of drug-likeness (QED) is 0.740. The molecule has 15 heavy (non-hydrogen) atoms. The van der Waals surface area contributed by atoms with Crippen molar-refractivity contribution in [1.29, 1.82) is 0 Å². The van der Waals surface area contributed by atoms with Crippen LogP contribution < -0.4 is 10.4 Å². The molecule has 0 amide bonds.